The Morgan fingerprint density at radius 3 is 2.17 bits per heavy atom. The van der Waals surface area contributed by atoms with Crippen LogP contribution in [-0.2, 0) is 17.8 Å². The van der Waals surface area contributed by atoms with Gasteiger partial charge < -0.3 is 14.5 Å². The molecule has 0 aliphatic carbocycles. The van der Waals surface area contributed by atoms with Crippen LogP contribution >= 0.6 is 28.7 Å². The van der Waals surface area contributed by atoms with E-state index in [9.17, 15) is 4.79 Å². The fourth-order valence-electron chi connectivity index (χ4n) is 5.10. The van der Waals surface area contributed by atoms with Crippen LogP contribution in [-0.4, -0.2) is 29.8 Å². The molecule has 3 rings (SSSR count). The number of hydrogen-bond acceptors (Lipinski definition) is 4. The number of hydrogen-bond donors (Lipinski definition) is 0. The molecule has 0 spiro atoms. The molecule has 0 unspecified atom stereocenters. The second-order valence-corrected chi connectivity index (χ2v) is 11.7. The molecule has 6 heteroatoms. The number of nitrogens with zero attached hydrogens (tertiary/aromatic N) is 2. The van der Waals surface area contributed by atoms with Gasteiger partial charge in [-0.25, -0.2) is 0 Å². The Morgan fingerprint density at radius 1 is 0.875 bits per heavy atom. The molecule has 0 radical (unpaired) electrons. The van der Waals surface area contributed by atoms with Gasteiger partial charge in [0, 0.05) is 31.9 Å². The number of ether oxygens (including phenoxy) is 1. The smallest absolute Gasteiger partial charge is 0.223 e. The largest absolute Gasteiger partial charge is 0.494 e. The van der Waals surface area contributed by atoms with E-state index in [0.717, 1.165) is 43.3 Å². The summed E-state index contributed by atoms with van der Waals surface area (Å²) in [6, 6.07) is 16.7. The average Bonchev–Trinajstić information content (AvgIpc) is 3.45. The van der Waals surface area contributed by atoms with E-state index in [-0.39, 0.29) is 22.9 Å². The maximum absolute atomic E-state index is 12.5. The number of amides is 1. The molecule has 0 fully saturated rings. The van der Waals surface area contributed by atoms with Gasteiger partial charge in [-0.2, -0.15) is 0 Å². The molecule has 2 aromatic rings. The quantitative estimate of drug-likeness (QED) is 0.136. The summed E-state index contributed by atoms with van der Waals surface area (Å²) < 4.78 is 6.06. The average molecular weight is 632 g/mol. The van der Waals surface area contributed by atoms with Gasteiger partial charge in [0.1, 0.15) is 5.75 Å². The Balaban J connectivity index is 0.00000560. The lowest BCUT2D eigenvalue weighted by atomic mass is 10.1. The third-order valence-electron chi connectivity index (χ3n) is 7.39. The van der Waals surface area contributed by atoms with Crippen molar-refractivity contribution in [3.8, 4) is 5.75 Å². The first kappa shape index (κ1) is 34.3. The molecule has 0 aromatic heterocycles. The zero-order chi connectivity index (χ0) is 27.5. The SMILES string of the molecule is Br.CCCCCCCCCCCCCCOc1cccc(CCN(C(C)=O)c2cccc(CN3C=CSC3)c2)c1. The van der Waals surface area contributed by atoms with Crippen molar-refractivity contribution >= 4 is 40.3 Å². The summed E-state index contributed by atoms with van der Waals surface area (Å²) in [5.74, 6) is 1.99. The van der Waals surface area contributed by atoms with E-state index in [0.29, 0.717) is 6.54 Å². The summed E-state index contributed by atoms with van der Waals surface area (Å²) >= 11 is 1.81. The Morgan fingerprint density at radius 2 is 1.52 bits per heavy atom. The fourth-order valence-corrected chi connectivity index (χ4v) is 5.81. The Bertz CT molecular complexity index is 999. The summed E-state index contributed by atoms with van der Waals surface area (Å²) in [5.41, 5.74) is 3.39. The first-order valence-electron chi connectivity index (χ1n) is 15.3. The molecule has 0 N–H and O–H groups in total. The predicted molar refractivity (Wildman–Crippen MR) is 179 cm³/mol. The van der Waals surface area contributed by atoms with E-state index in [2.05, 4.69) is 59.8 Å². The molecular formula is C34H51BrN2O2S. The number of halogens is 1. The maximum Gasteiger partial charge on any atom is 0.223 e. The van der Waals surface area contributed by atoms with Gasteiger partial charge in [-0.3, -0.25) is 4.79 Å². The normalized spacial score (nSPS) is 12.4. The van der Waals surface area contributed by atoms with Crippen molar-refractivity contribution < 1.29 is 9.53 Å². The van der Waals surface area contributed by atoms with E-state index < -0.39 is 0 Å². The third kappa shape index (κ3) is 13.6. The lowest BCUT2D eigenvalue weighted by Crippen LogP contribution is -2.30. The minimum atomic E-state index is 0. The Kier molecular flexibility index (Phi) is 17.9. The monoisotopic (exact) mass is 630 g/mol. The second kappa shape index (κ2) is 20.9. The van der Waals surface area contributed by atoms with Crippen molar-refractivity contribution in [3.05, 3.63) is 71.3 Å². The molecule has 222 valence electrons. The predicted octanol–water partition coefficient (Wildman–Crippen LogP) is 9.92. The van der Waals surface area contributed by atoms with Gasteiger partial charge in [-0.15, -0.1) is 28.7 Å². The van der Waals surface area contributed by atoms with Crippen LogP contribution in [0.25, 0.3) is 0 Å². The molecule has 40 heavy (non-hydrogen) atoms. The summed E-state index contributed by atoms with van der Waals surface area (Å²) in [4.78, 5) is 16.7. The van der Waals surface area contributed by atoms with E-state index >= 15 is 0 Å². The molecule has 0 saturated carbocycles. The number of rotatable bonds is 20. The molecule has 0 atom stereocenters. The maximum atomic E-state index is 12.5. The highest BCUT2D eigenvalue weighted by atomic mass is 79.9. The second-order valence-electron chi connectivity index (χ2n) is 10.8. The van der Waals surface area contributed by atoms with Crippen LogP contribution in [0.1, 0.15) is 102 Å². The number of benzene rings is 2. The summed E-state index contributed by atoms with van der Waals surface area (Å²) in [7, 11) is 0. The van der Waals surface area contributed by atoms with E-state index in [4.69, 9.17) is 4.74 Å². The summed E-state index contributed by atoms with van der Waals surface area (Å²) in [6.07, 6.45) is 19.1. The van der Waals surface area contributed by atoms with Crippen LogP contribution < -0.4 is 9.64 Å². The molecule has 4 nitrogen and oxygen atoms in total. The van der Waals surface area contributed by atoms with Gasteiger partial charge in [-0.05, 0) is 53.6 Å². The fraction of sp³-hybridized carbons (Fsp3) is 0.559. The van der Waals surface area contributed by atoms with E-state index in [1.165, 1.54) is 81.8 Å². The van der Waals surface area contributed by atoms with Crippen molar-refractivity contribution in [3.63, 3.8) is 0 Å². The topological polar surface area (TPSA) is 32.8 Å². The zero-order valence-electron chi connectivity index (χ0n) is 24.8. The molecule has 0 bridgehead atoms. The van der Waals surface area contributed by atoms with Crippen molar-refractivity contribution in [1.29, 1.82) is 0 Å². The van der Waals surface area contributed by atoms with Crippen molar-refractivity contribution in [1.82, 2.24) is 4.90 Å². The lowest BCUT2D eigenvalue weighted by Gasteiger charge is -2.23. The molecule has 0 saturated heterocycles. The number of unbranched alkanes of at least 4 members (excludes halogenated alkanes) is 11. The Labute approximate surface area is 258 Å². The highest BCUT2D eigenvalue weighted by Gasteiger charge is 2.13. The van der Waals surface area contributed by atoms with Crippen molar-refractivity contribution in [2.75, 3.05) is 23.9 Å². The van der Waals surface area contributed by atoms with Crippen molar-refractivity contribution in [2.24, 2.45) is 0 Å². The van der Waals surface area contributed by atoms with Crippen LogP contribution in [0.3, 0.4) is 0 Å². The zero-order valence-corrected chi connectivity index (χ0v) is 27.4. The van der Waals surface area contributed by atoms with Gasteiger partial charge in [0.25, 0.3) is 0 Å². The number of anilines is 1. The highest BCUT2D eigenvalue weighted by molar-refractivity contribution is 8.93. The van der Waals surface area contributed by atoms with Gasteiger partial charge in [0.15, 0.2) is 0 Å². The number of carbonyl (C=O) groups is 1. The molecule has 1 aliphatic rings. The number of carbonyl (C=O) groups excluding carboxylic acids is 1. The molecule has 1 amide bonds. The van der Waals surface area contributed by atoms with E-state index in [1.54, 1.807) is 6.92 Å². The first-order valence-corrected chi connectivity index (χ1v) is 16.3. The van der Waals surface area contributed by atoms with Gasteiger partial charge in [0.2, 0.25) is 5.91 Å². The minimum Gasteiger partial charge on any atom is -0.494 e. The Hall–Kier alpha value is -1.92. The molecule has 1 heterocycles. The molecule has 2 aromatic carbocycles. The van der Waals surface area contributed by atoms with E-state index in [1.807, 2.05) is 28.8 Å². The van der Waals surface area contributed by atoms with Crippen molar-refractivity contribution in [2.45, 2.75) is 104 Å². The summed E-state index contributed by atoms with van der Waals surface area (Å²) in [5, 5.41) is 2.13. The molecular weight excluding hydrogens is 580 g/mol. The first-order chi connectivity index (χ1) is 19.2. The highest BCUT2D eigenvalue weighted by Crippen LogP contribution is 2.23. The number of thioether (sulfide) groups is 1. The molecule has 1 aliphatic heterocycles. The van der Waals surface area contributed by atoms with Crippen LogP contribution in [0.5, 0.6) is 5.75 Å². The van der Waals surface area contributed by atoms with Gasteiger partial charge >= 0.3 is 0 Å². The lowest BCUT2D eigenvalue weighted by molar-refractivity contribution is -0.116. The van der Waals surface area contributed by atoms with Crippen LogP contribution in [0.15, 0.2) is 60.1 Å². The van der Waals surface area contributed by atoms with Crippen LogP contribution in [0.4, 0.5) is 5.69 Å². The van der Waals surface area contributed by atoms with Crippen LogP contribution in [0.2, 0.25) is 0 Å². The third-order valence-corrected chi connectivity index (χ3v) is 8.18. The van der Waals surface area contributed by atoms with Crippen LogP contribution in [0, 0.1) is 0 Å². The van der Waals surface area contributed by atoms with Gasteiger partial charge in [0.05, 0.1) is 12.5 Å². The summed E-state index contributed by atoms with van der Waals surface area (Å²) in [6.45, 7) is 6.23. The standard InChI is InChI=1S/C34H50N2O2S.BrH/c1-3-4-5-6-7-8-9-10-11-12-13-14-24-38-34-20-16-17-31(27-34)21-22-36(30(2)37)33-19-15-18-32(26-33)28-35-23-25-39-29-35;/h15-20,23,25-27H,3-14,21-22,24,28-29H2,1-2H3;1H. The minimum absolute atomic E-state index is 0. The van der Waals surface area contributed by atoms with Gasteiger partial charge in [-0.1, -0.05) is 102 Å².